The first-order chi connectivity index (χ1) is 14.2. The van der Waals surface area contributed by atoms with Crippen molar-refractivity contribution in [1.82, 2.24) is 10.6 Å². The van der Waals surface area contributed by atoms with Crippen LogP contribution in [0.15, 0.2) is 53.7 Å². The lowest BCUT2D eigenvalue weighted by molar-refractivity contribution is -0.137. The third-order valence-corrected chi connectivity index (χ3v) is 4.72. The molecule has 0 aliphatic carbocycles. The van der Waals surface area contributed by atoms with Crippen molar-refractivity contribution >= 4 is 17.6 Å². The van der Waals surface area contributed by atoms with Gasteiger partial charge in [0.15, 0.2) is 11.5 Å². The molecule has 0 saturated heterocycles. The van der Waals surface area contributed by atoms with Gasteiger partial charge in [0.2, 0.25) is 6.79 Å². The van der Waals surface area contributed by atoms with E-state index in [1.165, 1.54) is 25.1 Å². The summed E-state index contributed by atoms with van der Waals surface area (Å²) in [6.45, 7) is 1.55. The highest BCUT2D eigenvalue weighted by Gasteiger charge is 2.36. The number of rotatable bonds is 3. The van der Waals surface area contributed by atoms with Crippen LogP contribution in [0.2, 0.25) is 0 Å². The minimum absolute atomic E-state index is 0.0494. The molecule has 30 heavy (non-hydrogen) atoms. The van der Waals surface area contributed by atoms with Gasteiger partial charge in [-0.25, -0.2) is 4.79 Å². The molecule has 1 unspecified atom stereocenters. The van der Waals surface area contributed by atoms with Crippen molar-refractivity contribution in [3.05, 3.63) is 64.9 Å². The first-order valence-corrected chi connectivity index (χ1v) is 8.89. The fourth-order valence-corrected chi connectivity index (χ4v) is 3.37. The number of fused-ring (bicyclic) bond motifs is 1. The zero-order valence-corrected chi connectivity index (χ0v) is 15.6. The number of ether oxygens (including phenoxy) is 2. The number of carbonyl (C=O) groups excluding carboxylic acids is 2. The summed E-state index contributed by atoms with van der Waals surface area (Å²) in [4.78, 5) is 25.0. The molecule has 2 aliphatic heterocycles. The average molecular weight is 419 g/mol. The van der Waals surface area contributed by atoms with Crippen molar-refractivity contribution in [1.29, 1.82) is 0 Å². The number of urea groups is 1. The van der Waals surface area contributed by atoms with Crippen LogP contribution in [0, 0.1) is 0 Å². The Kier molecular flexibility index (Phi) is 4.76. The molecule has 0 radical (unpaired) electrons. The van der Waals surface area contributed by atoms with Crippen LogP contribution in [0.25, 0.3) is 0 Å². The Bertz CT molecular complexity index is 1070. The van der Waals surface area contributed by atoms with Gasteiger partial charge in [-0.2, -0.15) is 13.2 Å². The molecule has 2 aliphatic rings. The maximum atomic E-state index is 13.3. The SMILES string of the molecule is CC1=C(C(=O)Nc2ccccc2C(F)(F)F)C(c2ccc3c(c2)OCO3)NC(=O)N1. The monoisotopic (exact) mass is 419 g/mol. The highest BCUT2D eigenvalue weighted by molar-refractivity contribution is 6.07. The van der Waals surface area contributed by atoms with E-state index >= 15 is 0 Å². The van der Waals surface area contributed by atoms with Crippen LogP contribution in [0.4, 0.5) is 23.7 Å². The summed E-state index contributed by atoms with van der Waals surface area (Å²) in [5.41, 5.74) is -0.530. The Labute approximate surface area is 168 Å². The van der Waals surface area contributed by atoms with Crippen LogP contribution >= 0.6 is 0 Å². The molecule has 156 valence electrons. The molecular formula is C20H16F3N3O4. The number of para-hydroxylation sites is 1. The topological polar surface area (TPSA) is 88.7 Å². The summed E-state index contributed by atoms with van der Waals surface area (Å²) in [5.74, 6) is 0.185. The molecule has 4 rings (SSSR count). The molecule has 0 saturated carbocycles. The number of halogens is 3. The van der Waals surface area contributed by atoms with Gasteiger partial charge in [-0.3, -0.25) is 4.79 Å². The molecule has 0 spiro atoms. The molecule has 1 atom stereocenters. The van der Waals surface area contributed by atoms with E-state index in [-0.39, 0.29) is 23.8 Å². The quantitative estimate of drug-likeness (QED) is 0.708. The van der Waals surface area contributed by atoms with E-state index < -0.39 is 29.7 Å². The average Bonchev–Trinajstić information content (AvgIpc) is 3.14. The molecule has 2 heterocycles. The Morgan fingerprint density at radius 3 is 2.63 bits per heavy atom. The van der Waals surface area contributed by atoms with Crippen LogP contribution in [0.3, 0.4) is 0 Å². The number of amides is 3. The van der Waals surface area contributed by atoms with Gasteiger partial charge in [0.1, 0.15) is 0 Å². The number of anilines is 1. The fourth-order valence-electron chi connectivity index (χ4n) is 3.37. The van der Waals surface area contributed by atoms with Gasteiger partial charge < -0.3 is 25.4 Å². The summed E-state index contributed by atoms with van der Waals surface area (Å²) in [6, 6.07) is 8.14. The Morgan fingerprint density at radius 1 is 1.13 bits per heavy atom. The number of benzene rings is 2. The number of carbonyl (C=O) groups is 2. The zero-order chi connectivity index (χ0) is 21.5. The first-order valence-electron chi connectivity index (χ1n) is 8.89. The van der Waals surface area contributed by atoms with Gasteiger partial charge in [0.05, 0.1) is 22.9 Å². The lowest BCUT2D eigenvalue weighted by Gasteiger charge is -2.29. The normalized spacial score (nSPS) is 18.0. The van der Waals surface area contributed by atoms with Crippen LogP contribution < -0.4 is 25.4 Å². The molecule has 0 bridgehead atoms. The van der Waals surface area contributed by atoms with Gasteiger partial charge in [-0.05, 0) is 36.8 Å². The second-order valence-corrected chi connectivity index (χ2v) is 6.68. The largest absolute Gasteiger partial charge is 0.454 e. The Morgan fingerprint density at radius 2 is 1.87 bits per heavy atom. The second-order valence-electron chi connectivity index (χ2n) is 6.68. The van der Waals surface area contributed by atoms with Crippen LogP contribution in [-0.4, -0.2) is 18.7 Å². The van der Waals surface area contributed by atoms with E-state index in [0.29, 0.717) is 17.1 Å². The molecule has 10 heteroatoms. The third kappa shape index (κ3) is 3.63. The number of hydrogen-bond acceptors (Lipinski definition) is 4. The fraction of sp³-hybridized carbons (Fsp3) is 0.200. The first kappa shape index (κ1) is 19.6. The van der Waals surface area contributed by atoms with E-state index in [9.17, 15) is 22.8 Å². The van der Waals surface area contributed by atoms with Crippen molar-refractivity contribution in [2.75, 3.05) is 12.1 Å². The number of allylic oxidation sites excluding steroid dienone is 1. The molecule has 0 aromatic heterocycles. The molecule has 3 amide bonds. The number of alkyl halides is 3. The molecule has 3 N–H and O–H groups in total. The van der Waals surface area contributed by atoms with Gasteiger partial charge in [-0.15, -0.1) is 0 Å². The molecular weight excluding hydrogens is 403 g/mol. The Hall–Kier alpha value is -3.69. The van der Waals surface area contributed by atoms with Crippen molar-refractivity contribution in [2.24, 2.45) is 0 Å². The van der Waals surface area contributed by atoms with Crippen molar-refractivity contribution in [3.8, 4) is 11.5 Å². The third-order valence-electron chi connectivity index (χ3n) is 4.72. The minimum atomic E-state index is -4.64. The maximum absolute atomic E-state index is 13.3. The van der Waals surface area contributed by atoms with Gasteiger partial charge in [0, 0.05) is 5.70 Å². The lowest BCUT2D eigenvalue weighted by atomic mass is 9.94. The number of hydrogen-bond donors (Lipinski definition) is 3. The second kappa shape index (κ2) is 7.29. The summed E-state index contributed by atoms with van der Waals surface area (Å²) < 4.78 is 50.4. The predicted octanol–water partition coefficient (Wildman–Crippen LogP) is 3.70. The zero-order valence-electron chi connectivity index (χ0n) is 15.6. The van der Waals surface area contributed by atoms with E-state index in [1.54, 1.807) is 18.2 Å². The summed E-state index contributed by atoms with van der Waals surface area (Å²) >= 11 is 0. The standard InChI is InChI=1S/C20H16F3N3O4/c1-10-16(18(27)25-13-5-3-2-4-12(13)20(21,22)23)17(26-19(28)24-10)11-6-7-14-15(8-11)30-9-29-14/h2-8,17H,9H2,1H3,(H,25,27)(H2,24,26,28). The molecule has 7 nitrogen and oxygen atoms in total. The van der Waals surface area contributed by atoms with Crippen molar-refractivity contribution in [3.63, 3.8) is 0 Å². The van der Waals surface area contributed by atoms with Crippen LogP contribution in [-0.2, 0) is 11.0 Å². The smallest absolute Gasteiger partial charge is 0.418 e. The summed E-state index contributed by atoms with van der Waals surface area (Å²) in [5, 5.41) is 7.43. The van der Waals surface area contributed by atoms with E-state index in [0.717, 1.165) is 6.07 Å². The highest BCUT2D eigenvalue weighted by Crippen LogP contribution is 2.38. The molecule has 2 aromatic carbocycles. The predicted molar refractivity (Wildman–Crippen MR) is 99.7 cm³/mol. The minimum Gasteiger partial charge on any atom is -0.454 e. The summed E-state index contributed by atoms with van der Waals surface area (Å²) in [6.07, 6.45) is -4.64. The van der Waals surface area contributed by atoms with E-state index in [1.807, 2.05) is 0 Å². The van der Waals surface area contributed by atoms with Gasteiger partial charge in [-0.1, -0.05) is 18.2 Å². The summed E-state index contributed by atoms with van der Waals surface area (Å²) in [7, 11) is 0. The van der Waals surface area contributed by atoms with Gasteiger partial charge >= 0.3 is 12.2 Å². The van der Waals surface area contributed by atoms with Crippen molar-refractivity contribution < 1.29 is 32.2 Å². The number of nitrogens with one attached hydrogen (secondary N) is 3. The van der Waals surface area contributed by atoms with Crippen molar-refractivity contribution in [2.45, 2.75) is 19.1 Å². The Balaban J connectivity index is 1.69. The molecule has 2 aromatic rings. The van der Waals surface area contributed by atoms with Crippen LogP contribution in [0.1, 0.15) is 24.1 Å². The van der Waals surface area contributed by atoms with Gasteiger partial charge in [0.25, 0.3) is 5.91 Å². The highest BCUT2D eigenvalue weighted by atomic mass is 19.4. The van der Waals surface area contributed by atoms with Crippen LogP contribution in [0.5, 0.6) is 11.5 Å². The van der Waals surface area contributed by atoms with E-state index in [2.05, 4.69) is 16.0 Å². The molecule has 0 fully saturated rings. The maximum Gasteiger partial charge on any atom is 0.418 e. The lowest BCUT2D eigenvalue weighted by Crippen LogP contribution is -2.46. The van der Waals surface area contributed by atoms with E-state index in [4.69, 9.17) is 9.47 Å².